The number of para-hydroxylation sites is 2. The second-order valence-electron chi connectivity index (χ2n) is 9.73. The molecular formula is C31H28ClN3O2. The second-order valence-corrected chi connectivity index (χ2v) is 10.2. The maximum absolute atomic E-state index is 14.2. The Bertz CT molecular complexity index is 1470. The number of benzene rings is 3. The van der Waals surface area contributed by atoms with Gasteiger partial charge in [-0.3, -0.25) is 14.5 Å². The Balaban J connectivity index is 1.39. The van der Waals surface area contributed by atoms with Crippen molar-refractivity contribution >= 4 is 29.1 Å². The van der Waals surface area contributed by atoms with E-state index in [0.29, 0.717) is 10.6 Å². The molecule has 3 aromatic carbocycles. The molecule has 1 saturated carbocycles. The number of carbonyl (C=O) groups excluding carboxylic acids is 2. The van der Waals surface area contributed by atoms with E-state index in [1.54, 1.807) is 4.90 Å². The number of anilines is 1. The van der Waals surface area contributed by atoms with Crippen LogP contribution in [0.4, 0.5) is 5.69 Å². The van der Waals surface area contributed by atoms with Crippen LogP contribution in [0.25, 0.3) is 5.69 Å². The largest absolute Gasteiger partial charge is 0.326 e. The molecule has 2 aliphatic rings. The Labute approximate surface area is 221 Å². The van der Waals surface area contributed by atoms with Crippen LogP contribution in [0.15, 0.2) is 91.1 Å². The fraction of sp³-hybridized carbons (Fsp3) is 0.226. The SMILES string of the molecule is CCc1ccc(C(=O)N(CC(=O)N2c3ccccc3-n3cccc3C2c2cccc(Cl)c2)C2CC2)cc1. The molecule has 0 spiro atoms. The molecule has 2 amide bonds. The summed E-state index contributed by atoms with van der Waals surface area (Å²) in [6.45, 7) is 2.11. The number of aryl methyl sites for hydroxylation is 1. The van der Waals surface area contributed by atoms with Gasteiger partial charge in [0.25, 0.3) is 5.91 Å². The van der Waals surface area contributed by atoms with Gasteiger partial charge in [-0.2, -0.15) is 0 Å². The number of hydrogen-bond donors (Lipinski definition) is 0. The lowest BCUT2D eigenvalue weighted by atomic mass is 9.97. The number of carbonyl (C=O) groups is 2. The summed E-state index contributed by atoms with van der Waals surface area (Å²) in [5.74, 6) is -0.207. The summed E-state index contributed by atoms with van der Waals surface area (Å²) >= 11 is 6.39. The number of amides is 2. The molecule has 6 heteroatoms. The van der Waals surface area contributed by atoms with E-state index in [1.165, 1.54) is 5.56 Å². The van der Waals surface area contributed by atoms with Gasteiger partial charge in [0.2, 0.25) is 5.91 Å². The van der Waals surface area contributed by atoms with E-state index >= 15 is 0 Å². The Kier molecular flexibility index (Phi) is 6.09. The van der Waals surface area contributed by atoms with Crippen molar-refractivity contribution < 1.29 is 9.59 Å². The van der Waals surface area contributed by atoms with Crippen molar-refractivity contribution in [2.24, 2.45) is 0 Å². The number of fused-ring (bicyclic) bond motifs is 3. The third-order valence-corrected chi connectivity index (χ3v) is 7.55. The quantitative estimate of drug-likeness (QED) is 0.300. The minimum Gasteiger partial charge on any atom is -0.326 e. The number of halogens is 1. The van der Waals surface area contributed by atoms with Gasteiger partial charge in [-0.05, 0) is 78.9 Å². The molecule has 5 nitrogen and oxygen atoms in total. The van der Waals surface area contributed by atoms with Crippen molar-refractivity contribution in [3.05, 3.63) is 119 Å². The molecular weight excluding hydrogens is 482 g/mol. The van der Waals surface area contributed by atoms with Crippen LogP contribution in [0.1, 0.15) is 53.0 Å². The van der Waals surface area contributed by atoms with E-state index in [1.807, 2.05) is 96.0 Å². The molecule has 1 aromatic heterocycles. The van der Waals surface area contributed by atoms with E-state index in [4.69, 9.17) is 11.6 Å². The summed E-state index contributed by atoms with van der Waals surface area (Å²) in [5.41, 5.74) is 5.47. The summed E-state index contributed by atoms with van der Waals surface area (Å²) in [6.07, 6.45) is 4.78. The van der Waals surface area contributed by atoms with Crippen molar-refractivity contribution in [2.75, 3.05) is 11.4 Å². The zero-order chi connectivity index (χ0) is 25.5. The maximum atomic E-state index is 14.2. The van der Waals surface area contributed by atoms with Crippen LogP contribution in [-0.4, -0.2) is 33.9 Å². The molecule has 0 N–H and O–H groups in total. The van der Waals surface area contributed by atoms with Crippen LogP contribution in [-0.2, 0) is 11.2 Å². The van der Waals surface area contributed by atoms with Gasteiger partial charge in [0.1, 0.15) is 12.6 Å². The van der Waals surface area contributed by atoms with E-state index in [2.05, 4.69) is 11.5 Å². The Morgan fingerprint density at radius 1 is 0.919 bits per heavy atom. The van der Waals surface area contributed by atoms with Gasteiger partial charge < -0.3 is 9.47 Å². The third kappa shape index (κ3) is 4.34. The zero-order valence-electron chi connectivity index (χ0n) is 20.7. The summed E-state index contributed by atoms with van der Waals surface area (Å²) in [7, 11) is 0. The second kappa shape index (κ2) is 9.56. The zero-order valence-corrected chi connectivity index (χ0v) is 21.4. The van der Waals surface area contributed by atoms with Crippen LogP contribution >= 0.6 is 11.6 Å². The highest BCUT2D eigenvalue weighted by atomic mass is 35.5. The highest BCUT2D eigenvalue weighted by molar-refractivity contribution is 6.30. The first-order chi connectivity index (χ1) is 18.0. The number of aromatic nitrogens is 1. The molecule has 1 fully saturated rings. The molecule has 1 aliphatic heterocycles. The summed E-state index contributed by atoms with van der Waals surface area (Å²) in [6, 6.07) is 27.1. The lowest BCUT2D eigenvalue weighted by Gasteiger charge is -2.39. The van der Waals surface area contributed by atoms with Crippen molar-refractivity contribution in [3.63, 3.8) is 0 Å². The molecule has 0 saturated heterocycles. The van der Waals surface area contributed by atoms with Crippen LogP contribution in [0.2, 0.25) is 5.02 Å². The van der Waals surface area contributed by atoms with Crippen LogP contribution in [0, 0.1) is 0 Å². The normalized spacial score (nSPS) is 16.2. The van der Waals surface area contributed by atoms with Crippen LogP contribution in [0.3, 0.4) is 0 Å². The summed E-state index contributed by atoms with van der Waals surface area (Å²) in [4.78, 5) is 31.4. The molecule has 2 heterocycles. The fourth-order valence-corrected chi connectivity index (χ4v) is 5.48. The minimum atomic E-state index is -0.365. The van der Waals surface area contributed by atoms with E-state index < -0.39 is 0 Å². The highest BCUT2D eigenvalue weighted by Gasteiger charge is 2.40. The van der Waals surface area contributed by atoms with Gasteiger partial charge in [0, 0.05) is 22.8 Å². The Morgan fingerprint density at radius 3 is 2.38 bits per heavy atom. The first-order valence-corrected chi connectivity index (χ1v) is 13.2. The Hall–Kier alpha value is -3.83. The predicted octanol–water partition coefficient (Wildman–Crippen LogP) is 6.43. The topological polar surface area (TPSA) is 45.6 Å². The molecule has 4 aromatic rings. The predicted molar refractivity (Wildman–Crippen MR) is 146 cm³/mol. The number of rotatable bonds is 6. The van der Waals surface area contributed by atoms with Crippen LogP contribution < -0.4 is 4.90 Å². The summed E-state index contributed by atoms with van der Waals surface area (Å²) in [5, 5.41) is 0.618. The smallest absolute Gasteiger partial charge is 0.254 e. The van der Waals surface area contributed by atoms with Gasteiger partial charge in [-0.15, -0.1) is 0 Å². The average molecular weight is 510 g/mol. The molecule has 1 aliphatic carbocycles. The maximum Gasteiger partial charge on any atom is 0.254 e. The molecule has 1 atom stereocenters. The average Bonchev–Trinajstić information content (AvgIpc) is 3.65. The van der Waals surface area contributed by atoms with Crippen molar-refractivity contribution in [1.82, 2.24) is 9.47 Å². The Morgan fingerprint density at radius 2 is 1.68 bits per heavy atom. The third-order valence-electron chi connectivity index (χ3n) is 7.32. The van der Waals surface area contributed by atoms with E-state index in [-0.39, 0.29) is 30.4 Å². The van der Waals surface area contributed by atoms with Crippen molar-refractivity contribution in [3.8, 4) is 5.69 Å². The fourth-order valence-electron chi connectivity index (χ4n) is 5.28. The van der Waals surface area contributed by atoms with Gasteiger partial charge in [0.15, 0.2) is 0 Å². The van der Waals surface area contributed by atoms with Gasteiger partial charge >= 0.3 is 0 Å². The number of nitrogens with zero attached hydrogens (tertiary/aromatic N) is 3. The minimum absolute atomic E-state index is 0.0190. The van der Waals surface area contributed by atoms with E-state index in [0.717, 1.165) is 41.9 Å². The lowest BCUT2D eigenvalue weighted by Crippen LogP contribution is -2.47. The monoisotopic (exact) mass is 509 g/mol. The lowest BCUT2D eigenvalue weighted by molar-refractivity contribution is -0.119. The first-order valence-electron chi connectivity index (χ1n) is 12.8. The highest BCUT2D eigenvalue weighted by Crippen LogP contribution is 2.43. The molecule has 0 radical (unpaired) electrons. The van der Waals surface area contributed by atoms with E-state index in [9.17, 15) is 9.59 Å². The summed E-state index contributed by atoms with van der Waals surface area (Å²) < 4.78 is 2.13. The molecule has 186 valence electrons. The van der Waals surface area contributed by atoms with Gasteiger partial charge in [-0.1, -0.05) is 54.9 Å². The van der Waals surface area contributed by atoms with Crippen LogP contribution in [0.5, 0.6) is 0 Å². The van der Waals surface area contributed by atoms with Gasteiger partial charge in [0.05, 0.1) is 17.1 Å². The molecule has 37 heavy (non-hydrogen) atoms. The molecule has 6 rings (SSSR count). The first kappa shape index (κ1) is 23.6. The van der Waals surface area contributed by atoms with Crippen molar-refractivity contribution in [2.45, 2.75) is 38.3 Å². The number of hydrogen-bond acceptors (Lipinski definition) is 2. The van der Waals surface area contributed by atoms with Crippen molar-refractivity contribution in [1.29, 1.82) is 0 Å². The molecule has 0 bridgehead atoms. The molecule has 1 unspecified atom stereocenters. The standard InChI is InChI=1S/C31H28ClN3O2/c1-2-21-12-14-22(15-13-21)31(37)34(25-16-17-25)20-29(36)35-27-10-4-3-9-26(27)33-18-6-11-28(33)30(35)23-7-5-8-24(32)19-23/h3-15,18-19,25,30H,2,16-17,20H2,1H3. The van der Waals surface area contributed by atoms with Gasteiger partial charge in [-0.25, -0.2) is 0 Å².